The Kier molecular flexibility index (Phi) is 7.74. The van der Waals surface area contributed by atoms with Crippen LogP contribution in [0.1, 0.15) is 31.0 Å². The van der Waals surface area contributed by atoms with Gasteiger partial charge in [0.15, 0.2) is 4.80 Å². The van der Waals surface area contributed by atoms with Crippen LogP contribution in [0.15, 0.2) is 80.6 Å². The molecule has 3 aromatic rings. The molecule has 0 unspecified atom stereocenters. The monoisotopic (exact) mass is 572 g/mol. The highest BCUT2D eigenvalue weighted by Gasteiger charge is 2.33. The zero-order valence-corrected chi connectivity index (χ0v) is 22.2. The SMILES string of the molecule is C=CCOc1ccc(/C=c2/sc3n(c2=O)[C@H](c2ccc(Cl)cc2)C(C(=O)OCC)=C(C)N=3)cc1Br. The largest absolute Gasteiger partial charge is 0.488 e. The Morgan fingerprint density at radius 3 is 2.69 bits per heavy atom. The van der Waals surface area contributed by atoms with Gasteiger partial charge in [-0.3, -0.25) is 9.36 Å². The number of nitrogens with zero attached hydrogens (tertiary/aromatic N) is 2. The van der Waals surface area contributed by atoms with Gasteiger partial charge in [-0.15, -0.1) is 0 Å². The topological polar surface area (TPSA) is 69.9 Å². The molecule has 0 saturated carbocycles. The molecule has 0 spiro atoms. The predicted molar refractivity (Wildman–Crippen MR) is 142 cm³/mol. The number of esters is 1. The fraction of sp³-hybridized carbons (Fsp3) is 0.192. The lowest BCUT2D eigenvalue weighted by molar-refractivity contribution is -0.139. The number of hydrogen-bond donors (Lipinski definition) is 0. The van der Waals surface area contributed by atoms with Gasteiger partial charge >= 0.3 is 5.97 Å². The quantitative estimate of drug-likeness (QED) is 0.301. The summed E-state index contributed by atoms with van der Waals surface area (Å²) in [6.07, 6.45) is 3.47. The van der Waals surface area contributed by atoms with E-state index in [0.29, 0.717) is 38.0 Å². The zero-order valence-electron chi connectivity index (χ0n) is 19.1. The Hall–Kier alpha value is -2.94. The van der Waals surface area contributed by atoms with Crippen LogP contribution in [-0.4, -0.2) is 23.8 Å². The van der Waals surface area contributed by atoms with Crippen LogP contribution in [0.4, 0.5) is 0 Å². The summed E-state index contributed by atoms with van der Waals surface area (Å²) in [4.78, 5) is 31.6. The van der Waals surface area contributed by atoms with Gasteiger partial charge in [0.1, 0.15) is 12.4 Å². The molecule has 0 N–H and O–H groups in total. The maximum atomic E-state index is 13.6. The number of carbonyl (C=O) groups is 1. The lowest BCUT2D eigenvalue weighted by Gasteiger charge is -2.24. The first-order valence-corrected chi connectivity index (χ1v) is 12.8. The van der Waals surface area contributed by atoms with Crippen LogP contribution in [-0.2, 0) is 9.53 Å². The number of benzene rings is 2. The molecule has 4 rings (SSSR count). The average Bonchev–Trinajstić information content (AvgIpc) is 3.12. The number of carbonyl (C=O) groups excluding carboxylic acids is 1. The second-order valence-electron chi connectivity index (χ2n) is 7.64. The minimum absolute atomic E-state index is 0.217. The van der Waals surface area contributed by atoms with E-state index in [-0.39, 0.29) is 12.2 Å². The Balaban J connectivity index is 1.86. The van der Waals surface area contributed by atoms with Crippen LogP contribution in [0, 0.1) is 0 Å². The van der Waals surface area contributed by atoms with Gasteiger partial charge in [0.25, 0.3) is 5.56 Å². The summed E-state index contributed by atoms with van der Waals surface area (Å²) in [5, 5.41) is 0.561. The van der Waals surface area contributed by atoms with E-state index in [1.807, 2.05) is 18.2 Å². The van der Waals surface area contributed by atoms with E-state index < -0.39 is 12.0 Å². The first-order chi connectivity index (χ1) is 16.8. The van der Waals surface area contributed by atoms with Crippen molar-refractivity contribution in [3.05, 3.63) is 107 Å². The Morgan fingerprint density at radius 2 is 2.03 bits per heavy atom. The third-order valence-corrected chi connectivity index (χ3v) is 7.17. The average molecular weight is 574 g/mol. The van der Waals surface area contributed by atoms with Crippen LogP contribution in [0.2, 0.25) is 5.02 Å². The summed E-state index contributed by atoms with van der Waals surface area (Å²) in [6.45, 7) is 7.76. The van der Waals surface area contributed by atoms with Crippen molar-refractivity contribution in [1.82, 2.24) is 4.57 Å². The number of aromatic nitrogens is 1. The first kappa shape index (κ1) is 25.2. The number of hydrogen-bond acceptors (Lipinski definition) is 6. The number of fused-ring (bicyclic) bond motifs is 1. The molecule has 2 heterocycles. The molecule has 1 aromatic heterocycles. The molecule has 0 amide bonds. The highest BCUT2D eigenvalue weighted by atomic mass is 79.9. The van der Waals surface area contributed by atoms with E-state index in [4.69, 9.17) is 21.1 Å². The standard InChI is InChI=1S/C26H22BrClN2O4S/c1-4-12-34-20-11-6-16(13-19(20)27)14-21-24(31)30-23(17-7-9-18(28)10-8-17)22(25(32)33-5-2)15(3)29-26(30)35-21/h4,6-11,13-14,23H,1,5,12H2,2-3H3/b21-14+/t23-/m1/s1. The molecular formula is C26H22BrClN2O4S. The molecule has 1 atom stereocenters. The molecule has 1 aliphatic rings. The molecule has 6 nitrogen and oxygen atoms in total. The van der Waals surface area contributed by atoms with Gasteiger partial charge in [-0.25, -0.2) is 9.79 Å². The molecular weight excluding hydrogens is 552 g/mol. The molecule has 0 bridgehead atoms. The van der Waals surface area contributed by atoms with Crippen LogP contribution >= 0.6 is 38.9 Å². The third-order valence-electron chi connectivity index (χ3n) is 5.31. The maximum absolute atomic E-state index is 13.6. The van der Waals surface area contributed by atoms with Gasteiger partial charge in [-0.2, -0.15) is 0 Å². The Labute approximate surface area is 219 Å². The number of allylic oxidation sites excluding steroid dienone is 1. The molecule has 0 saturated heterocycles. The van der Waals surface area contributed by atoms with Crippen molar-refractivity contribution in [2.45, 2.75) is 19.9 Å². The van der Waals surface area contributed by atoms with Gasteiger partial charge in [0.05, 0.1) is 32.9 Å². The van der Waals surface area contributed by atoms with Crippen molar-refractivity contribution in [3.8, 4) is 5.75 Å². The van der Waals surface area contributed by atoms with E-state index in [1.165, 1.54) is 11.3 Å². The lowest BCUT2D eigenvalue weighted by Crippen LogP contribution is -2.39. The van der Waals surface area contributed by atoms with E-state index in [2.05, 4.69) is 27.5 Å². The third kappa shape index (κ3) is 5.19. The number of rotatable bonds is 7. The molecule has 180 valence electrons. The van der Waals surface area contributed by atoms with Crippen molar-refractivity contribution < 1.29 is 14.3 Å². The lowest BCUT2D eigenvalue weighted by atomic mass is 9.96. The second kappa shape index (κ2) is 10.8. The van der Waals surface area contributed by atoms with Crippen LogP contribution in [0.3, 0.4) is 0 Å². The number of thiazole rings is 1. The summed E-state index contributed by atoms with van der Waals surface area (Å²) in [6, 6.07) is 12.0. The van der Waals surface area contributed by atoms with Gasteiger partial charge < -0.3 is 9.47 Å². The minimum Gasteiger partial charge on any atom is -0.488 e. The van der Waals surface area contributed by atoms with Crippen LogP contribution in [0.5, 0.6) is 5.75 Å². The summed E-state index contributed by atoms with van der Waals surface area (Å²) in [5.41, 5.74) is 2.16. The molecule has 1 aliphatic heterocycles. The molecule has 35 heavy (non-hydrogen) atoms. The van der Waals surface area contributed by atoms with Gasteiger partial charge in [0.2, 0.25) is 0 Å². The van der Waals surface area contributed by atoms with Gasteiger partial charge in [0, 0.05) is 5.02 Å². The smallest absolute Gasteiger partial charge is 0.338 e. The summed E-state index contributed by atoms with van der Waals surface area (Å²) in [5.74, 6) is 0.183. The van der Waals surface area contributed by atoms with Crippen LogP contribution < -0.4 is 19.6 Å². The number of ether oxygens (including phenoxy) is 2. The Morgan fingerprint density at radius 1 is 1.29 bits per heavy atom. The maximum Gasteiger partial charge on any atom is 0.338 e. The fourth-order valence-electron chi connectivity index (χ4n) is 3.78. The summed E-state index contributed by atoms with van der Waals surface area (Å²) in [7, 11) is 0. The van der Waals surface area contributed by atoms with E-state index in [9.17, 15) is 9.59 Å². The van der Waals surface area contributed by atoms with E-state index in [1.54, 1.807) is 54.8 Å². The van der Waals surface area contributed by atoms with E-state index >= 15 is 0 Å². The Bertz CT molecular complexity index is 1510. The highest BCUT2D eigenvalue weighted by Crippen LogP contribution is 2.31. The van der Waals surface area contributed by atoms with Crippen molar-refractivity contribution in [3.63, 3.8) is 0 Å². The fourth-order valence-corrected chi connectivity index (χ4v) is 5.46. The first-order valence-electron chi connectivity index (χ1n) is 10.8. The minimum atomic E-state index is -0.675. The predicted octanol–water partition coefficient (Wildman–Crippen LogP) is 4.78. The molecule has 0 fully saturated rings. The van der Waals surface area contributed by atoms with E-state index in [0.717, 1.165) is 15.6 Å². The molecule has 2 aromatic carbocycles. The van der Waals surface area contributed by atoms with Crippen molar-refractivity contribution in [2.75, 3.05) is 13.2 Å². The summed E-state index contributed by atoms with van der Waals surface area (Å²) < 4.78 is 13.7. The van der Waals surface area contributed by atoms with Crippen molar-refractivity contribution in [2.24, 2.45) is 4.99 Å². The molecule has 0 aliphatic carbocycles. The van der Waals surface area contributed by atoms with Crippen molar-refractivity contribution >= 4 is 50.9 Å². The molecule has 9 heteroatoms. The summed E-state index contributed by atoms with van der Waals surface area (Å²) >= 11 is 10.9. The highest BCUT2D eigenvalue weighted by molar-refractivity contribution is 9.10. The van der Waals surface area contributed by atoms with Gasteiger partial charge in [-0.1, -0.05) is 53.8 Å². The van der Waals surface area contributed by atoms with Crippen molar-refractivity contribution in [1.29, 1.82) is 0 Å². The molecule has 0 radical (unpaired) electrons. The van der Waals surface area contributed by atoms with Gasteiger partial charge in [-0.05, 0) is 71.2 Å². The normalized spacial score (nSPS) is 15.4. The zero-order chi connectivity index (χ0) is 25.1. The number of halogens is 2. The second-order valence-corrected chi connectivity index (χ2v) is 9.94. The van der Waals surface area contributed by atoms with Crippen LogP contribution in [0.25, 0.3) is 6.08 Å².